The number of allylic oxidation sites excluding steroid dienone is 1. The number of methoxy groups -OCH3 is 2. The van der Waals surface area contributed by atoms with Crippen LogP contribution in [-0.4, -0.2) is 40.4 Å². The first kappa shape index (κ1) is 13.4. The Morgan fingerprint density at radius 2 is 2.12 bits per heavy atom. The Morgan fingerprint density at radius 1 is 1.38 bits per heavy atom. The topological polar surface area (TPSA) is 35.5 Å². The molecule has 0 aliphatic heterocycles. The summed E-state index contributed by atoms with van der Waals surface area (Å²) < 4.78 is 13.2. The molecule has 0 unspecified atom stereocenters. The molecule has 0 spiro atoms. The van der Waals surface area contributed by atoms with Crippen LogP contribution < -0.4 is 13.1 Å². The van der Waals surface area contributed by atoms with Gasteiger partial charge in [-0.3, -0.25) is 0 Å². The zero-order valence-electron chi connectivity index (χ0n) is 8.90. The fourth-order valence-corrected chi connectivity index (χ4v) is 3.59. The van der Waals surface area contributed by atoms with Gasteiger partial charge in [0.25, 0.3) is 0 Å². The van der Waals surface area contributed by atoms with Crippen molar-refractivity contribution in [3.8, 4) is 11.5 Å². The molecule has 86 valence electrons. The minimum absolute atomic E-state index is 0.452. The molecule has 0 aromatic heterocycles. The van der Waals surface area contributed by atoms with Gasteiger partial charge in [0.15, 0.2) is 0 Å². The molecular weight excluding hydrogens is 343 g/mol. The average Bonchev–Trinajstić information content (AvgIpc) is 2.28. The third-order valence-corrected chi connectivity index (χ3v) is 4.30. The van der Waals surface area contributed by atoms with E-state index in [4.69, 9.17) is 21.1 Å². The van der Waals surface area contributed by atoms with Crippen molar-refractivity contribution in [2.24, 2.45) is 0 Å². The van der Waals surface area contributed by atoms with Crippen LogP contribution in [0.25, 0.3) is 0 Å². The summed E-state index contributed by atoms with van der Waals surface area (Å²) in [4.78, 5) is 10.6. The summed E-state index contributed by atoms with van der Waals surface area (Å²) in [5.41, 5.74) is 0. The SMILES string of the molecule is COc1ccc(OC)c([Te]/C=C\C(=O)Cl)c1. The maximum atomic E-state index is 10.6. The Balaban J connectivity index is 2.87. The van der Waals surface area contributed by atoms with E-state index in [-0.39, 0.29) is 0 Å². The van der Waals surface area contributed by atoms with Gasteiger partial charge in [0, 0.05) is 0 Å². The standard InChI is InChI=1S/C11H11ClO3Te/c1-14-8-3-4-9(15-2)10(7-8)16-6-5-11(12)13/h3-7H,1-2H3/b6-5-. The number of benzene rings is 1. The van der Waals surface area contributed by atoms with Gasteiger partial charge >= 0.3 is 110 Å². The molecule has 0 aliphatic carbocycles. The Hall–Kier alpha value is -0.690. The van der Waals surface area contributed by atoms with E-state index in [1.54, 1.807) is 14.2 Å². The zero-order chi connectivity index (χ0) is 12.0. The molecule has 0 radical (unpaired) electrons. The van der Waals surface area contributed by atoms with E-state index in [2.05, 4.69) is 0 Å². The van der Waals surface area contributed by atoms with Crippen LogP contribution in [0.4, 0.5) is 0 Å². The Bertz CT molecular complexity index is 404. The van der Waals surface area contributed by atoms with Gasteiger partial charge < -0.3 is 0 Å². The van der Waals surface area contributed by atoms with Crippen molar-refractivity contribution in [2.75, 3.05) is 14.2 Å². The summed E-state index contributed by atoms with van der Waals surface area (Å²) in [6.45, 7) is 0. The fraction of sp³-hybridized carbons (Fsp3) is 0.182. The van der Waals surface area contributed by atoms with Crippen LogP contribution in [0.1, 0.15) is 0 Å². The Labute approximate surface area is 109 Å². The zero-order valence-corrected chi connectivity index (χ0v) is 12.0. The molecule has 0 atom stereocenters. The monoisotopic (exact) mass is 356 g/mol. The van der Waals surface area contributed by atoms with Gasteiger partial charge in [-0.15, -0.1) is 0 Å². The molecule has 0 saturated carbocycles. The number of carbonyl (C=O) groups is 1. The van der Waals surface area contributed by atoms with Crippen LogP contribution in [-0.2, 0) is 4.79 Å². The van der Waals surface area contributed by atoms with E-state index in [1.165, 1.54) is 6.08 Å². The minimum atomic E-state index is -0.633. The third kappa shape index (κ3) is 4.05. The number of hydrogen-bond acceptors (Lipinski definition) is 3. The van der Waals surface area contributed by atoms with Crippen molar-refractivity contribution in [1.82, 2.24) is 0 Å². The molecule has 0 saturated heterocycles. The molecule has 0 bridgehead atoms. The summed E-state index contributed by atoms with van der Waals surface area (Å²) in [5.74, 6) is 1.60. The van der Waals surface area contributed by atoms with E-state index >= 15 is 0 Å². The molecule has 0 fully saturated rings. The van der Waals surface area contributed by atoms with Crippen LogP contribution in [0, 0.1) is 0 Å². The first-order chi connectivity index (χ1) is 7.67. The van der Waals surface area contributed by atoms with Gasteiger partial charge in [-0.2, -0.15) is 0 Å². The van der Waals surface area contributed by atoms with Crippen molar-refractivity contribution in [1.29, 1.82) is 0 Å². The van der Waals surface area contributed by atoms with Crippen LogP contribution >= 0.6 is 11.6 Å². The normalized spacial score (nSPS) is 10.4. The van der Waals surface area contributed by atoms with E-state index in [0.29, 0.717) is 0 Å². The Kier molecular flexibility index (Phi) is 5.68. The summed E-state index contributed by atoms with van der Waals surface area (Å²) in [6.07, 6.45) is 1.38. The molecule has 0 amide bonds. The molecule has 0 aliphatic rings. The number of rotatable bonds is 5. The van der Waals surface area contributed by atoms with Crippen LogP contribution in [0.15, 0.2) is 28.4 Å². The Morgan fingerprint density at radius 3 is 2.69 bits per heavy atom. The second kappa shape index (κ2) is 6.80. The molecule has 1 rings (SSSR count). The van der Waals surface area contributed by atoms with Crippen molar-refractivity contribution in [3.63, 3.8) is 0 Å². The maximum absolute atomic E-state index is 10.6. The summed E-state index contributed by atoms with van der Waals surface area (Å²) in [5, 5.41) is -0.452. The van der Waals surface area contributed by atoms with Crippen LogP contribution in [0.3, 0.4) is 0 Å². The average molecular weight is 354 g/mol. The first-order valence-corrected chi connectivity index (χ1v) is 7.31. The number of ether oxygens (including phenoxy) is 2. The molecule has 1 aromatic carbocycles. The molecule has 0 N–H and O–H groups in total. The summed E-state index contributed by atoms with van der Waals surface area (Å²) >= 11 is 4.58. The van der Waals surface area contributed by atoms with Crippen LogP contribution in [0.2, 0.25) is 0 Å². The van der Waals surface area contributed by atoms with Gasteiger partial charge in [-0.1, -0.05) is 0 Å². The van der Waals surface area contributed by atoms with Gasteiger partial charge in [0.05, 0.1) is 0 Å². The van der Waals surface area contributed by atoms with Crippen molar-refractivity contribution in [2.45, 2.75) is 0 Å². The van der Waals surface area contributed by atoms with Crippen molar-refractivity contribution in [3.05, 3.63) is 28.4 Å². The van der Waals surface area contributed by atoms with E-state index < -0.39 is 26.2 Å². The molecular formula is C11H11ClO3Te. The number of hydrogen-bond donors (Lipinski definition) is 0. The fourth-order valence-electron chi connectivity index (χ4n) is 1.04. The number of carbonyl (C=O) groups excluding carboxylic acids is 1. The third-order valence-electron chi connectivity index (χ3n) is 1.76. The van der Waals surface area contributed by atoms with Crippen molar-refractivity contribution >= 4 is 41.4 Å². The van der Waals surface area contributed by atoms with E-state index in [1.807, 2.05) is 22.3 Å². The molecule has 0 heterocycles. The van der Waals surface area contributed by atoms with E-state index in [9.17, 15) is 4.79 Å². The predicted octanol–water partition coefficient (Wildman–Crippen LogP) is 1.31. The molecule has 3 nitrogen and oxygen atoms in total. The molecule has 16 heavy (non-hydrogen) atoms. The quantitative estimate of drug-likeness (QED) is 0.455. The van der Waals surface area contributed by atoms with Crippen LogP contribution in [0.5, 0.6) is 11.5 Å². The second-order valence-electron chi connectivity index (χ2n) is 2.74. The van der Waals surface area contributed by atoms with E-state index in [0.717, 1.165) is 15.1 Å². The van der Waals surface area contributed by atoms with Gasteiger partial charge in [0.1, 0.15) is 0 Å². The summed E-state index contributed by atoms with van der Waals surface area (Å²) in [7, 11) is 3.24. The first-order valence-electron chi connectivity index (χ1n) is 4.42. The second-order valence-corrected chi connectivity index (χ2v) is 5.82. The number of halogens is 1. The van der Waals surface area contributed by atoms with Gasteiger partial charge in [-0.05, 0) is 0 Å². The van der Waals surface area contributed by atoms with Gasteiger partial charge in [0.2, 0.25) is 0 Å². The predicted molar refractivity (Wildman–Crippen MR) is 64.9 cm³/mol. The van der Waals surface area contributed by atoms with Gasteiger partial charge in [-0.25, -0.2) is 0 Å². The summed E-state index contributed by atoms with van der Waals surface area (Å²) in [6, 6.07) is 5.62. The molecule has 5 heteroatoms. The molecule has 1 aromatic rings. The van der Waals surface area contributed by atoms with Crippen molar-refractivity contribution < 1.29 is 14.3 Å².